The molecule has 2 rings (SSSR count). The Labute approximate surface area is 119 Å². The number of carbonyl (C=O) groups is 4. The van der Waals surface area contributed by atoms with Crippen molar-refractivity contribution in [3.63, 3.8) is 0 Å². The average molecular weight is 291 g/mol. The highest BCUT2D eigenvalue weighted by Gasteiger charge is 2.37. The Bertz CT molecular complexity index is 628. The van der Waals surface area contributed by atoms with E-state index in [0.717, 1.165) is 4.90 Å². The summed E-state index contributed by atoms with van der Waals surface area (Å²) in [5, 5.41) is 13.7. The number of rotatable bonds is 3. The number of hydrogen-bond acceptors (Lipinski definition) is 4. The minimum absolute atomic E-state index is 0.0707. The number of imide groups is 1. The number of carboxylic acids is 1. The molecule has 21 heavy (non-hydrogen) atoms. The second kappa shape index (κ2) is 5.61. The Kier molecular flexibility index (Phi) is 3.88. The van der Waals surface area contributed by atoms with E-state index in [2.05, 4.69) is 10.6 Å². The van der Waals surface area contributed by atoms with Crippen molar-refractivity contribution < 1.29 is 24.3 Å². The molecule has 0 saturated carbocycles. The van der Waals surface area contributed by atoms with E-state index in [0.29, 0.717) is 0 Å². The molecule has 8 heteroatoms. The number of benzene rings is 1. The summed E-state index contributed by atoms with van der Waals surface area (Å²) >= 11 is 0. The van der Waals surface area contributed by atoms with Gasteiger partial charge in [-0.1, -0.05) is 12.1 Å². The smallest absolute Gasteiger partial charge is 0.337 e. The van der Waals surface area contributed by atoms with Crippen LogP contribution in [0.5, 0.6) is 0 Å². The fourth-order valence-electron chi connectivity index (χ4n) is 1.96. The van der Waals surface area contributed by atoms with Crippen molar-refractivity contribution in [2.24, 2.45) is 0 Å². The molecule has 1 atom stereocenters. The average Bonchev–Trinajstić information content (AvgIpc) is 2.66. The number of likely N-dealkylation sites (tertiary alicyclic amines) is 1. The molecule has 4 amide bonds. The van der Waals surface area contributed by atoms with Crippen LogP contribution in [0.25, 0.3) is 0 Å². The second-order valence-electron chi connectivity index (χ2n) is 4.50. The van der Waals surface area contributed by atoms with Gasteiger partial charge in [0.05, 0.1) is 17.7 Å². The lowest BCUT2D eigenvalue weighted by Gasteiger charge is -2.13. The number of carbonyl (C=O) groups excluding carboxylic acids is 3. The summed E-state index contributed by atoms with van der Waals surface area (Å²) in [6.07, 6.45) is -0.108. The number of nitrogens with zero attached hydrogens (tertiary/aromatic N) is 1. The van der Waals surface area contributed by atoms with E-state index in [9.17, 15) is 19.2 Å². The van der Waals surface area contributed by atoms with Gasteiger partial charge in [-0.05, 0) is 12.1 Å². The molecule has 1 aromatic carbocycles. The molecular formula is C13H13N3O5. The molecule has 0 aliphatic carbocycles. The molecule has 8 nitrogen and oxygen atoms in total. The third kappa shape index (κ3) is 2.99. The molecule has 1 aliphatic heterocycles. The summed E-state index contributed by atoms with van der Waals surface area (Å²) in [4.78, 5) is 46.7. The molecule has 0 radical (unpaired) electrons. The first-order valence-corrected chi connectivity index (χ1v) is 6.10. The van der Waals surface area contributed by atoms with Crippen molar-refractivity contribution in [2.75, 3.05) is 12.4 Å². The first-order valence-electron chi connectivity index (χ1n) is 6.10. The zero-order valence-corrected chi connectivity index (χ0v) is 11.1. The van der Waals surface area contributed by atoms with Crippen molar-refractivity contribution in [1.82, 2.24) is 10.2 Å². The normalized spacial score (nSPS) is 17.8. The fraction of sp³-hybridized carbons (Fsp3) is 0.231. The molecule has 1 fully saturated rings. The Hall–Kier alpha value is -2.90. The van der Waals surface area contributed by atoms with Crippen LogP contribution in [0.4, 0.5) is 10.5 Å². The van der Waals surface area contributed by atoms with Crippen LogP contribution in [-0.4, -0.2) is 46.9 Å². The minimum Gasteiger partial charge on any atom is -0.478 e. The van der Waals surface area contributed by atoms with E-state index in [4.69, 9.17) is 5.11 Å². The SMILES string of the molecule is CN1C(=O)CC(NC(=O)Nc2ccccc2C(=O)O)C1=O. The number of aromatic carboxylic acids is 1. The topological polar surface area (TPSA) is 116 Å². The number of likely N-dealkylation sites (N-methyl/N-ethyl adjacent to an activating group) is 1. The van der Waals surface area contributed by atoms with Crippen molar-refractivity contribution >= 4 is 29.5 Å². The Morgan fingerprint density at radius 3 is 2.52 bits per heavy atom. The molecule has 110 valence electrons. The van der Waals surface area contributed by atoms with Crippen LogP contribution in [0.1, 0.15) is 16.8 Å². The van der Waals surface area contributed by atoms with Crippen LogP contribution in [0.2, 0.25) is 0 Å². The summed E-state index contributed by atoms with van der Waals surface area (Å²) in [6.45, 7) is 0. The molecule has 1 saturated heterocycles. The highest BCUT2D eigenvalue weighted by atomic mass is 16.4. The van der Waals surface area contributed by atoms with E-state index < -0.39 is 23.9 Å². The summed E-state index contributed by atoms with van der Waals surface area (Å²) in [6, 6.07) is 4.19. The third-order valence-corrected chi connectivity index (χ3v) is 3.09. The maximum Gasteiger partial charge on any atom is 0.337 e. The Morgan fingerprint density at radius 1 is 1.29 bits per heavy atom. The van der Waals surface area contributed by atoms with Crippen LogP contribution in [0.15, 0.2) is 24.3 Å². The maximum atomic E-state index is 11.8. The third-order valence-electron chi connectivity index (χ3n) is 3.09. The number of urea groups is 1. The lowest BCUT2D eigenvalue weighted by molar-refractivity contribution is -0.137. The Balaban J connectivity index is 2.05. The summed E-state index contributed by atoms with van der Waals surface area (Å²) < 4.78 is 0. The van der Waals surface area contributed by atoms with Gasteiger partial charge in [0, 0.05) is 7.05 Å². The van der Waals surface area contributed by atoms with Crippen LogP contribution in [0, 0.1) is 0 Å². The molecule has 1 unspecified atom stereocenters. The highest BCUT2D eigenvalue weighted by molar-refractivity contribution is 6.07. The van der Waals surface area contributed by atoms with E-state index in [-0.39, 0.29) is 23.6 Å². The van der Waals surface area contributed by atoms with Crippen LogP contribution < -0.4 is 10.6 Å². The van der Waals surface area contributed by atoms with Gasteiger partial charge in [-0.2, -0.15) is 0 Å². The summed E-state index contributed by atoms with van der Waals surface area (Å²) in [7, 11) is 1.34. The molecule has 3 N–H and O–H groups in total. The lowest BCUT2D eigenvalue weighted by Crippen LogP contribution is -2.42. The van der Waals surface area contributed by atoms with Crippen molar-refractivity contribution in [3.8, 4) is 0 Å². The summed E-state index contributed by atoms with van der Waals surface area (Å²) in [5.41, 5.74) is 0.0335. The van der Waals surface area contributed by atoms with E-state index in [1.165, 1.54) is 25.2 Å². The van der Waals surface area contributed by atoms with Crippen molar-refractivity contribution in [2.45, 2.75) is 12.5 Å². The van der Waals surface area contributed by atoms with E-state index >= 15 is 0 Å². The van der Waals surface area contributed by atoms with Gasteiger partial charge in [-0.3, -0.25) is 14.5 Å². The lowest BCUT2D eigenvalue weighted by atomic mass is 10.2. The molecule has 1 heterocycles. The van der Waals surface area contributed by atoms with Gasteiger partial charge in [0.1, 0.15) is 6.04 Å². The number of anilines is 1. The number of carboxylic acid groups (broad SMARTS) is 1. The van der Waals surface area contributed by atoms with Crippen LogP contribution in [-0.2, 0) is 9.59 Å². The largest absolute Gasteiger partial charge is 0.478 e. The standard InChI is InChI=1S/C13H13N3O5/c1-16-10(17)6-9(11(16)18)15-13(21)14-8-5-3-2-4-7(8)12(19)20/h2-5,9H,6H2,1H3,(H,19,20)(H2,14,15,21). The number of nitrogens with one attached hydrogen (secondary N) is 2. The quantitative estimate of drug-likeness (QED) is 0.691. The molecule has 0 bridgehead atoms. The predicted molar refractivity (Wildman–Crippen MR) is 71.7 cm³/mol. The fourth-order valence-corrected chi connectivity index (χ4v) is 1.96. The maximum absolute atomic E-state index is 11.8. The number of hydrogen-bond donors (Lipinski definition) is 3. The zero-order valence-electron chi connectivity index (χ0n) is 11.1. The highest BCUT2D eigenvalue weighted by Crippen LogP contribution is 2.15. The first kappa shape index (κ1) is 14.5. The van der Waals surface area contributed by atoms with Gasteiger partial charge in [-0.25, -0.2) is 9.59 Å². The van der Waals surface area contributed by atoms with Crippen LogP contribution >= 0.6 is 0 Å². The monoisotopic (exact) mass is 291 g/mol. The molecule has 1 aliphatic rings. The van der Waals surface area contributed by atoms with Gasteiger partial charge in [0.25, 0.3) is 5.91 Å². The first-order chi connectivity index (χ1) is 9.90. The number of para-hydroxylation sites is 1. The molecule has 0 aromatic heterocycles. The molecule has 0 spiro atoms. The van der Waals surface area contributed by atoms with Gasteiger partial charge >= 0.3 is 12.0 Å². The molecule has 1 aromatic rings. The second-order valence-corrected chi connectivity index (χ2v) is 4.50. The van der Waals surface area contributed by atoms with Crippen molar-refractivity contribution in [1.29, 1.82) is 0 Å². The Morgan fingerprint density at radius 2 is 1.95 bits per heavy atom. The predicted octanol–water partition coefficient (Wildman–Crippen LogP) is 0.264. The zero-order chi connectivity index (χ0) is 15.6. The van der Waals surface area contributed by atoms with Gasteiger partial charge in [0.2, 0.25) is 5.91 Å². The number of amides is 4. The van der Waals surface area contributed by atoms with E-state index in [1.54, 1.807) is 6.07 Å². The van der Waals surface area contributed by atoms with Crippen LogP contribution in [0.3, 0.4) is 0 Å². The van der Waals surface area contributed by atoms with Gasteiger partial charge in [-0.15, -0.1) is 0 Å². The van der Waals surface area contributed by atoms with E-state index in [1.807, 2.05) is 0 Å². The van der Waals surface area contributed by atoms with Gasteiger partial charge in [0.15, 0.2) is 0 Å². The summed E-state index contributed by atoms with van der Waals surface area (Å²) in [5.74, 6) is -2.06. The van der Waals surface area contributed by atoms with Crippen molar-refractivity contribution in [3.05, 3.63) is 29.8 Å². The molecular weight excluding hydrogens is 278 g/mol. The minimum atomic E-state index is -1.18. The van der Waals surface area contributed by atoms with Gasteiger partial charge < -0.3 is 15.7 Å².